The van der Waals surface area contributed by atoms with Crippen molar-refractivity contribution in [1.29, 1.82) is 0 Å². The summed E-state index contributed by atoms with van der Waals surface area (Å²) in [6.07, 6.45) is 4.71. The number of H-pyrrole nitrogens is 1. The number of ether oxygens (including phenoxy) is 1. The van der Waals surface area contributed by atoms with Crippen LogP contribution in [-0.4, -0.2) is 40.4 Å². The number of aromatic amines is 1. The second-order valence-electron chi connectivity index (χ2n) is 7.61. The summed E-state index contributed by atoms with van der Waals surface area (Å²) in [6.45, 7) is 4.45. The normalized spacial score (nSPS) is 11.4. The second kappa shape index (κ2) is 9.38. The molecule has 0 aliphatic rings. The number of nitrogens with zero attached hydrogens (tertiary/aromatic N) is 2. The fraction of sp³-hybridized carbons (Fsp3) is 0.200. The Bertz CT molecular complexity index is 1450. The number of esters is 1. The zero-order chi connectivity index (χ0) is 23.5. The first kappa shape index (κ1) is 22.4. The lowest BCUT2D eigenvalue weighted by molar-refractivity contribution is -0.125. The Morgan fingerprint density at radius 3 is 2.79 bits per heavy atom. The molecule has 8 heteroatoms. The quantitative estimate of drug-likeness (QED) is 0.342. The first-order chi connectivity index (χ1) is 15.9. The third-order valence-electron chi connectivity index (χ3n) is 5.33. The summed E-state index contributed by atoms with van der Waals surface area (Å²) in [5.41, 5.74) is 1.59. The van der Waals surface area contributed by atoms with Gasteiger partial charge in [-0.25, -0.2) is 9.78 Å². The van der Waals surface area contributed by atoms with E-state index in [1.54, 1.807) is 48.5 Å². The van der Waals surface area contributed by atoms with Crippen molar-refractivity contribution in [3.8, 4) is 0 Å². The van der Waals surface area contributed by atoms with Gasteiger partial charge in [0, 0.05) is 34.3 Å². The number of likely N-dealkylation sites (N-methyl/N-ethyl adjacent to an activating group) is 1. The van der Waals surface area contributed by atoms with Gasteiger partial charge >= 0.3 is 5.97 Å². The molecule has 33 heavy (non-hydrogen) atoms. The number of pyridine rings is 2. The zero-order valence-corrected chi connectivity index (χ0v) is 19.4. The zero-order valence-electron chi connectivity index (χ0n) is 18.5. The molecule has 168 valence electrons. The Labute approximate surface area is 194 Å². The number of amides is 1. The lowest BCUT2D eigenvalue weighted by Gasteiger charge is -2.14. The van der Waals surface area contributed by atoms with Gasteiger partial charge in [-0.2, -0.15) is 0 Å². The van der Waals surface area contributed by atoms with Crippen molar-refractivity contribution in [1.82, 2.24) is 14.9 Å². The van der Waals surface area contributed by atoms with Gasteiger partial charge in [0.25, 0.3) is 5.56 Å². The SMILES string of the molecule is CCOC(=O)c1cc2cc(C=CC(=O)N(C)Cc3sc4ccccc4c3C)cnc2[nH]c1=O. The van der Waals surface area contributed by atoms with Gasteiger partial charge in [0.1, 0.15) is 11.2 Å². The molecule has 1 aromatic carbocycles. The van der Waals surface area contributed by atoms with Crippen molar-refractivity contribution in [3.63, 3.8) is 0 Å². The van der Waals surface area contributed by atoms with E-state index in [-0.39, 0.29) is 18.1 Å². The third-order valence-corrected chi connectivity index (χ3v) is 6.59. The number of fused-ring (bicyclic) bond motifs is 2. The molecule has 4 aromatic rings. The average molecular weight is 462 g/mol. The second-order valence-corrected chi connectivity index (χ2v) is 8.75. The van der Waals surface area contributed by atoms with E-state index in [9.17, 15) is 14.4 Å². The molecule has 0 unspecified atom stereocenters. The Hall–Kier alpha value is -3.78. The molecule has 7 nitrogen and oxygen atoms in total. The number of nitrogens with one attached hydrogen (secondary N) is 1. The van der Waals surface area contributed by atoms with Crippen LogP contribution in [0.5, 0.6) is 0 Å². The minimum absolute atomic E-state index is 0.0817. The number of rotatable bonds is 6. The minimum atomic E-state index is -0.685. The molecule has 1 N–H and O–H groups in total. The van der Waals surface area contributed by atoms with Crippen LogP contribution in [0.1, 0.15) is 33.3 Å². The highest BCUT2D eigenvalue weighted by molar-refractivity contribution is 7.19. The molecule has 0 saturated heterocycles. The van der Waals surface area contributed by atoms with Crippen LogP contribution in [0.4, 0.5) is 0 Å². The van der Waals surface area contributed by atoms with Crippen molar-refractivity contribution >= 4 is 50.4 Å². The summed E-state index contributed by atoms with van der Waals surface area (Å²) in [6, 6.07) is 11.4. The third kappa shape index (κ3) is 4.70. The molecule has 4 rings (SSSR count). The van der Waals surface area contributed by atoms with Crippen LogP contribution in [0.3, 0.4) is 0 Å². The predicted molar refractivity (Wildman–Crippen MR) is 130 cm³/mol. The minimum Gasteiger partial charge on any atom is -0.462 e. The molecule has 0 bridgehead atoms. The van der Waals surface area contributed by atoms with E-state index in [1.165, 1.54) is 27.8 Å². The molecule has 0 fully saturated rings. The molecule has 3 heterocycles. The van der Waals surface area contributed by atoms with E-state index < -0.39 is 11.5 Å². The molecular weight excluding hydrogens is 438 g/mol. The summed E-state index contributed by atoms with van der Waals surface area (Å²) < 4.78 is 6.14. The van der Waals surface area contributed by atoms with E-state index >= 15 is 0 Å². The van der Waals surface area contributed by atoms with Crippen LogP contribution in [0.15, 0.2) is 53.5 Å². The molecule has 0 aliphatic heterocycles. The van der Waals surface area contributed by atoms with Crippen molar-refractivity contribution in [2.45, 2.75) is 20.4 Å². The van der Waals surface area contributed by atoms with Gasteiger partial charge in [-0.05, 0) is 54.6 Å². The lowest BCUT2D eigenvalue weighted by Crippen LogP contribution is -2.23. The number of aryl methyl sites for hydroxylation is 1. The maximum atomic E-state index is 12.7. The molecule has 0 saturated carbocycles. The smallest absolute Gasteiger partial charge is 0.343 e. The van der Waals surface area contributed by atoms with Crippen molar-refractivity contribution in [3.05, 3.63) is 80.6 Å². The maximum absolute atomic E-state index is 12.7. The molecule has 0 atom stereocenters. The van der Waals surface area contributed by atoms with Crippen molar-refractivity contribution in [2.75, 3.05) is 13.7 Å². The van der Waals surface area contributed by atoms with E-state index in [4.69, 9.17) is 4.74 Å². The first-order valence-electron chi connectivity index (χ1n) is 10.5. The molecular formula is C25H23N3O4S. The number of carbonyl (C=O) groups excluding carboxylic acids is 2. The van der Waals surface area contributed by atoms with Crippen LogP contribution >= 0.6 is 11.3 Å². The fourth-order valence-corrected chi connectivity index (χ4v) is 4.79. The maximum Gasteiger partial charge on any atom is 0.343 e. The van der Waals surface area contributed by atoms with Gasteiger partial charge in [-0.1, -0.05) is 18.2 Å². The summed E-state index contributed by atoms with van der Waals surface area (Å²) >= 11 is 1.70. The summed E-state index contributed by atoms with van der Waals surface area (Å²) in [7, 11) is 1.77. The standard InChI is InChI=1S/C25H23N3O4S/c1-4-32-25(31)19-12-17-11-16(13-26-23(17)27-24(19)30)9-10-22(29)28(3)14-21-15(2)18-7-5-6-8-20(18)33-21/h5-13H,4,14H2,1-3H3,(H,26,27,30). The van der Waals surface area contributed by atoms with E-state index in [0.717, 1.165) is 4.88 Å². The van der Waals surface area contributed by atoms with Crippen LogP contribution < -0.4 is 5.56 Å². The highest BCUT2D eigenvalue weighted by Crippen LogP contribution is 2.31. The molecule has 0 aliphatic carbocycles. The van der Waals surface area contributed by atoms with Gasteiger partial charge in [0.2, 0.25) is 5.91 Å². The van der Waals surface area contributed by atoms with E-state index in [1.807, 2.05) is 12.1 Å². The molecule has 0 radical (unpaired) electrons. The monoisotopic (exact) mass is 461 g/mol. The highest BCUT2D eigenvalue weighted by atomic mass is 32.1. The van der Waals surface area contributed by atoms with Crippen LogP contribution in [0, 0.1) is 6.92 Å². The Kier molecular flexibility index (Phi) is 6.37. The summed E-state index contributed by atoms with van der Waals surface area (Å²) in [5, 5.41) is 1.79. The molecule has 0 spiro atoms. The van der Waals surface area contributed by atoms with E-state index in [0.29, 0.717) is 23.1 Å². The molecule has 1 amide bonds. The van der Waals surface area contributed by atoms with Crippen LogP contribution in [-0.2, 0) is 16.1 Å². The van der Waals surface area contributed by atoms with E-state index in [2.05, 4.69) is 29.0 Å². The Morgan fingerprint density at radius 1 is 1.24 bits per heavy atom. The number of hydrogen-bond donors (Lipinski definition) is 1. The average Bonchev–Trinajstić information content (AvgIpc) is 3.12. The van der Waals surface area contributed by atoms with Gasteiger partial charge in [0.15, 0.2) is 0 Å². The van der Waals surface area contributed by atoms with Crippen LogP contribution in [0.2, 0.25) is 0 Å². The summed E-state index contributed by atoms with van der Waals surface area (Å²) in [5.74, 6) is -0.824. The lowest BCUT2D eigenvalue weighted by atomic mass is 10.1. The van der Waals surface area contributed by atoms with Crippen LogP contribution in [0.25, 0.3) is 27.2 Å². The topological polar surface area (TPSA) is 92.4 Å². The summed E-state index contributed by atoms with van der Waals surface area (Å²) in [4.78, 5) is 46.4. The number of carbonyl (C=O) groups is 2. The first-order valence-corrected chi connectivity index (χ1v) is 11.3. The molecule has 3 aromatic heterocycles. The van der Waals surface area contributed by atoms with Gasteiger partial charge in [0.05, 0.1) is 13.2 Å². The Balaban J connectivity index is 1.52. The largest absolute Gasteiger partial charge is 0.462 e. The van der Waals surface area contributed by atoms with Gasteiger partial charge < -0.3 is 14.6 Å². The number of hydrogen-bond acceptors (Lipinski definition) is 6. The van der Waals surface area contributed by atoms with Gasteiger partial charge in [-0.15, -0.1) is 11.3 Å². The Morgan fingerprint density at radius 2 is 2.03 bits per heavy atom. The number of thiophene rings is 1. The predicted octanol–water partition coefficient (Wildman–Crippen LogP) is 4.29. The number of benzene rings is 1. The fourth-order valence-electron chi connectivity index (χ4n) is 3.52. The highest BCUT2D eigenvalue weighted by Gasteiger charge is 2.14. The number of aromatic nitrogens is 2. The van der Waals surface area contributed by atoms with Crippen molar-refractivity contribution < 1.29 is 14.3 Å². The van der Waals surface area contributed by atoms with Gasteiger partial charge in [-0.3, -0.25) is 9.59 Å². The van der Waals surface area contributed by atoms with Crippen molar-refractivity contribution in [2.24, 2.45) is 0 Å².